The fourth-order valence-corrected chi connectivity index (χ4v) is 2.34. The molecule has 1 rings (SSSR count). The van der Waals surface area contributed by atoms with Crippen LogP contribution in [0.5, 0.6) is 0 Å². The van der Waals surface area contributed by atoms with Crippen molar-refractivity contribution < 1.29 is 27.7 Å². The number of benzene rings is 1. The molecule has 0 heterocycles. The molecule has 0 saturated heterocycles. The van der Waals surface area contributed by atoms with Crippen molar-refractivity contribution in [2.45, 2.75) is 25.8 Å². The van der Waals surface area contributed by atoms with Crippen LogP contribution in [0.1, 0.15) is 24.0 Å². The van der Waals surface area contributed by atoms with Gasteiger partial charge in [-0.05, 0) is 19.4 Å². The van der Waals surface area contributed by atoms with Crippen molar-refractivity contribution in [1.82, 2.24) is 5.32 Å². The first-order valence-electron chi connectivity index (χ1n) is 6.15. The molecular formula is C13H17NO6S. The van der Waals surface area contributed by atoms with Gasteiger partial charge in [-0.15, -0.1) is 0 Å². The summed E-state index contributed by atoms with van der Waals surface area (Å²) in [6, 6.07) is 5.40. The van der Waals surface area contributed by atoms with E-state index >= 15 is 0 Å². The van der Waals surface area contributed by atoms with Crippen molar-refractivity contribution in [3.8, 4) is 0 Å². The van der Waals surface area contributed by atoms with Crippen molar-refractivity contribution in [3.63, 3.8) is 0 Å². The third kappa shape index (κ3) is 5.52. The number of nitrogens with one attached hydrogen (secondary N) is 1. The summed E-state index contributed by atoms with van der Waals surface area (Å²) in [6.07, 6.45) is 0. The zero-order chi connectivity index (χ0) is 16.2. The van der Waals surface area contributed by atoms with Gasteiger partial charge in [0.1, 0.15) is 11.8 Å². The van der Waals surface area contributed by atoms with Gasteiger partial charge in [0.05, 0.1) is 5.92 Å². The number of aryl methyl sites for hydroxylation is 1. The normalized spacial score (nSPS) is 14.2. The summed E-state index contributed by atoms with van der Waals surface area (Å²) in [5, 5.41) is 11.0. The Morgan fingerprint density at radius 3 is 2.19 bits per heavy atom. The van der Waals surface area contributed by atoms with E-state index in [4.69, 9.17) is 9.66 Å². The summed E-state index contributed by atoms with van der Waals surface area (Å²) in [5.41, 5.74) is 1.69. The Balaban J connectivity index is 2.82. The molecule has 3 N–H and O–H groups in total. The van der Waals surface area contributed by atoms with Crippen molar-refractivity contribution in [1.29, 1.82) is 0 Å². The molecule has 116 valence electrons. The number of rotatable bonds is 6. The lowest BCUT2D eigenvalue weighted by molar-refractivity contribution is -0.141. The van der Waals surface area contributed by atoms with Gasteiger partial charge in [-0.3, -0.25) is 9.35 Å². The maximum Gasteiger partial charge on any atom is 0.327 e. The molecule has 0 saturated carbocycles. The van der Waals surface area contributed by atoms with Crippen LogP contribution < -0.4 is 5.32 Å². The molecule has 2 atom stereocenters. The SMILES string of the molecule is Cc1ccc(C(C)C(=O)N[C@@H](CS(=O)(=O)O)C(=O)O)cc1. The van der Waals surface area contributed by atoms with Crippen LogP contribution >= 0.6 is 0 Å². The lowest BCUT2D eigenvalue weighted by Gasteiger charge is -2.17. The number of aliphatic carboxylic acids is 1. The monoisotopic (exact) mass is 315 g/mol. The van der Waals surface area contributed by atoms with E-state index in [1.165, 1.54) is 0 Å². The predicted octanol–water partition coefficient (Wildman–Crippen LogP) is 0.556. The van der Waals surface area contributed by atoms with E-state index in [0.717, 1.165) is 5.56 Å². The topological polar surface area (TPSA) is 121 Å². The molecule has 0 spiro atoms. The van der Waals surface area contributed by atoms with Crippen LogP contribution in [0.3, 0.4) is 0 Å². The van der Waals surface area contributed by atoms with Crippen LogP contribution in [0.25, 0.3) is 0 Å². The summed E-state index contributed by atoms with van der Waals surface area (Å²) >= 11 is 0. The molecular weight excluding hydrogens is 298 g/mol. The largest absolute Gasteiger partial charge is 0.480 e. The van der Waals surface area contributed by atoms with Crippen molar-refractivity contribution in [2.75, 3.05) is 5.75 Å². The Labute approximate surface area is 122 Å². The molecule has 0 radical (unpaired) electrons. The van der Waals surface area contributed by atoms with E-state index in [-0.39, 0.29) is 0 Å². The second-order valence-electron chi connectivity index (χ2n) is 4.78. The maximum absolute atomic E-state index is 12.0. The maximum atomic E-state index is 12.0. The lowest BCUT2D eigenvalue weighted by atomic mass is 9.99. The number of carboxylic acids is 1. The Hall–Kier alpha value is -1.93. The van der Waals surface area contributed by atoms with E-state index in [1.807, 2.05) is 19.1 Å². The molecule has 1 aromatic rings. The van der Waals surface area contributed by atoms with Gasteiger partial charge in [0.2, 0.25) is 5.91 Å². The number of carboxylic acid groups (broad SMARTS) is 1. The van der Waals surface area contributed by atoms with Crippen LogP contribution in [0.4, 0.5) is 0 Å². The number of carbonyl (C=O) groups is 2. The number of carbonyl (C=O) groups excluding carboxylic acids is 1. The minimum Gasteiger partial charge on any atom is -0.480 e. The van der Waals surface area contributed by atoms with E-state index in [1.54, 1.807) is 19.1 Å². The van der Waals surface area contributed by atoms with Crippen molar-refractivity contribution >= 4 is 22.0 Å². The Morgan fingerprint density at radius 1 is 1.24 bits per heavy atom. The molecule has 8 heteroatoms. The van der Waals surface area contributed by atoms with Crippen LogP contribution in [-0.4, -0.2) is 41.7 Å². The van der Waals surface area contributed by atoms with Gasteiger partial charge >= 0.3 is 5.97 Å². The first-order valence-corrected chi connectivity index (χ1v) is 7.76. The summed E-state index contributed by atoms with van der Waals surface area (Å²) in [4.78, 5) is 22.9. The minimum atomic E-state index is -4.51. The molecule has 21 heavy (non-hydrogen) atoms. The number of hydrogen-bond acceptors (Lipinski definition) is 4. The average molecular weight is 315 g/mol. The molecule has 0 fully saturated rings. The quantitative estimate of drug-likeness (QED) is 0.659. The first-order chi connectivity index (χ1) is 9.60. The van der Waals surface area contributed by atoms with Gasteiger partial charge in [0.25, 0.3) is 10.1 Å². The molecule has 7 nitrogen and oxygen atoms in total. The second kappa shape index (κ2) is 6.68. The first kappa shape index (κ1) is 17.1. The van der Waals surface area contributed by atoms with E-state index in [9.17, 15) is 18.0 Å². The van der Waals surface area contributed by atoms with Crippen LogP contribution in [-0.2, 0) is 19.7 Å². The van der Waals surface area contributed by atoms with Gasteiger partial charge < -0.3 is 10.4 Å². The molecule has 0 bridgehead atoms. The Bertz CT molecular complexity index is 623. The summed E-state index contributed by atoms with van der Waals surface area (Å²) in [6.45, 7) is 3.47. The van der Waals surface area contributed by atoms with E-state index < -0.39 is 39.7 Å². The highest BCUT2D eigenvalue weighted by Crippen LogP contribution is 2.16. The summed E-state index contributed by atoms with van der Waals surface area (Å²) in [5.74, 6) is -3.88. The zero-order valence-electron chi connectivity index (χ0n) is 11.6. The van der Waals surface area contributed by atoms with Crippen molar-refractivity contribution in [3.05, 3.63) is 35.4 Å². The Kier molecular flexibility index (Phi) is 5.45. The average Bonchev–Trinajstić information content (AvgIpc) is 2.36. The third-order valence-corrected chi connectivity index (χ3v) is 3.72. The highest BCUT2D eigenvalue weighted by Gasteiger charge is 2.27. The fourth-order valence-electron chi connectivity index (χ4n) is 1.69. The molecule has 0 aliphatic carbocycles. The van der Waals surface area contributed by atoms with Gasteiger partial charge in [0.15, 0.2) is 0 Å². The van der Waals surface area contributed by atoms with E-state index in [2.05, 4.69) is 5.32 Å². The number of amides is 1. The van der Waals surface area contributed by atoms with Crippen LogP contribution in [0, 0.1) is 6.92 Å². The highest BCUT2D eigenvalue weighted by atomic mass is 32.2. The minimum absolute atomic E-state index is 0.630. The van der Waals surface area contributed by atoms with Crippen LogP contribution in [0.2, 0.25) is 0 Å². The molecule has 1 aromatic carbocycles. The smallest absolute Gasteiger partial charge is 0.327 e. The summed E-state index contributed by atoms with van der Waals surface area (Å²) < 4.78 is 30.2. The predicted molar refractivity (Wildman–Crippen MR) is 75.6 cm³/mol. The lowest BCUT2D eigenvalue weighted by Crippen LogP contribution is -2.46. The van der Waals surface area contributed by atoms with Gasteiger partial charge in [-0.25, -0.2) is 4.79 Å². The standard InChI is InChI=1S/C13H17NO6S/c1-8-3-5-10(6-4-8)9(2)12(15)14-11(13(16)17)7-21(18,19)20/h3-6,9,11H,7H2,1-2H3,(H,14,15)(H,16,17)(H,18,19,20)/t9?,11-/m0/s1. The molecule has 1 amide bonds. The fraction of sp³-hybridized carbons (Fsp3) is 0.385. The van der Waals surface area contributed by atoms with Gasteiger partial charge in [0, 0.05) is 0 Å². The second-order valence-corrected chi connectivity index (χ2v) is 6.28. The van der Waals surface area contributed by atoms with Crippen molar-refractivity contribution in [2.24, 2.45) is 0 Å². The zero-order valence-corrected chi connectivity index (χ0v) is 12.4. The Morgan fingerprint density at radius 2 is 1.76 bits per heavy atom. The number of hydrogen-bond donors (Lipinski definition) is 3. The molecule has 1 unspecified atom stereocenters. The third-order valence-electron chi connectivity index (χ3n) is 2.96. The van der Waals surface area contributed by atoms with Gasteiger partial charge in [-0.2, -0.15) is 8.42 Å². The molecule has 0 aromatic heterocycles. The van der Waals surface area contributed by atoms with Crippen LogP contribution in [0.15, 0.2) is 24.3 Å². The highest BCUT2D eigenvalue weighted by molar-refractivity contribution is 7.85. The molecule has 0 aliphatic heterocycles. The molecule has 0 aliphatic rings. The van der Waals surface area contributed by atoms with Gasteiger partial charge in [-0.1, -0.05) is 29.8 Å². The summed E-state index contributed by atoms with van der Waals surface area (Å²) in [7, 11) is -4.51. The van der Waals surface area contributed by atoms with E-state index in [0.29, 0.717) is 5.56 Å².